The maximum absolute atomic E-state index is 14.1. The molecule has 0 radical (unpaired) electrons. The van der Waals surface area contributed by atoms with E-state index >= 15 is 0 Å². The second kappa shape index (κ2) is 8.90. The number of nitrogens with one attached hydrogen (secondary N) is 1. The number of anilines is 1. The van der Waals surface area contributed by atoms with Crippen LogP contribution in [0, 0.1) is 29.4 Å². The van der Waals surface area contributed by atoms with Crippen LogP contribution in [0.25, 0.3) is 11.3 Å². The van der Waals surface area contributed by atoms with Crippen molar-refractivity contribution in [2.24, 2.45) is 17.8 Å². The van der Waals surface area contributed by atoms with Crippen LogP contribution < -0.4 is 5.32 Å². The minimum Gasteiger partial charge on any atom is -0.300 e. The Labute approximate surface area is 188 Å². The molecule has 3 unspecified atom stereocenters. The Morgan fingerprint density at radius 1 is 1.16 bits per heavy atom. The number of hydrogen-bond acceptors (Lipinski definition) is 5. The highest BCUT2D eigenvalue weighted by molar-refractivity contribution is 7.14. The molecule has 1 saturated heterocycles. The summed E-state index contributed by atoms with van der Waals surface area (Å²) in [6, 6.07) is 2.55. The summed E-state index contributed by atoms with van der Waals surface area (Å²) in [6.07, 6.45) is 5.08. The number of amides is 3. The van der Waals surface area contributed by atoms with Crippen molar-refractivity contribution in [3.05, 3.63) is 47.4 Å². The maximum atomic E-state index is 14.1. The Morgan fingerprint density at radius 3 is 2.31 bits per heavy atom. The molecule has 0 bridgehead atoms. The number of benzene rings is 1. The Balaban J connectivity index is 1.57. The van der Waals surface area contributed by atoms with Crippen LogP contribution in [-0.4, -0.2) is 33.6 Å². The number of aromatic nitrogens is 1. The summed E-state index contributed by atoms with van der Waals surface area (Å²) in [5.41, 5.74) is -0.212. The molecule has 3 amide bonds. The minimum absolute atomic E-state index is 0.0477. The van der Waals surface area contributed by atoms with Gasteiger partial charge in [-0.05, 0) is 37.3 Å². The predicted octanol–water partition coefficient (Wildman–Crippen LogP) is 4.39. The fourth-order valence-electron chi connectivity index (χ4n) is 4.29. The molecule has 1 aromatic carbocycles. The first-order chi connectivity index (χ1) is 15.3. The number of carbonyl (C=O) groups is 3. The average molecular weight is 460 g/mol. The summed E-state index contributed by atoms with van der Waals surface area (Å²) in [5.74, 6) is -3.49. The molecule has 168 valence electrons. The highest BCUT2D eigenvalue weighted by Gasteiger charge is 2.51. The van der Waals surface area contributed by atoms with Crippen LogP contribution in [0.2, 0.25) is 0 Å². The van der Waals surface area contributed by atoms with Crippen molar-refractivity contribution < 1.29 is 23.2 Å². The quantitative estimate of drug-likeness (QED) is 0.513. The SMILES string of the molecule is CC(C)CC(C(=O)Nc1nc(-c2c(F)cccc2F)cs1)N1C(=O)C2CC=CCC2C1=O. The van der Waals surface area contributed by atoms with Gasteiger partial charge in [0.2, 0.25) is 17.7 Å². The summed E-state index contributed by atoms with van der Waals surface area (Å²) < 4.78 is 28.1. The molecule has 1 aliphatic heterocycles. The van der Waals surface area contributed by atoms with Gasteiger partial charge in [-0.1, -0.05) is 32.1 Å². The van der Waals surface area contributed by atoms with Gasteiger partial charge in [-0.15, -0.1) is 11.3 Å². The Morgan fingerprint density at radius 2 is 1.75 bits per heavy atom. The van der Waals surface area contributed by atoms with E-state index in [0.717, 1.165) is 28.4 Å². The molecule has 2 aromatic rings. The molecule has 2 heterocycles. The molecule has 0 saturated carbocycles. The zero-order valence-electron chi connectivity index (χ0n) is 17.7. The number of carbonyl (C=O) groups excluding carboxylic acids is 3. The first kappa shape index (κ1) is 22.3. The number of allylic oxidation sites excluding steroid dienone is 2. The normalized spacial score (nSPS) is 21.2. The number of fused-ring (bicyclic) bond motifs is 1. The van der Waals surface area contributed by atoms with E-state index in [4.69, 9.17) is 0 Å². The molecule has 9 heteroatoms. The van der Waals surface area contributed by atoms with E-state index in [2.05, 4.69) is 10.3 Å². The van der Waals surface area contributed by atoms with Gasteiger partial charge in [0, 0.05) is 5.38 Å². The predicted molar refractivity (Wildman–Crippen MR) is 117 cm³/mol. The number of hydrogen-bond donors (Lipinski definition) is 1. The van der Waals surface area contributed by atoms with Crippen LogP contribution in [0.5, 0.6) is 0 Å². The molecule has 6 nitrogen and oxygen atoms in total. The molecule has 1 aliphatic carbocycles. The van der Waals surface area contributed by atoms with Crippen molar-refractivity contribution in [2.45, 2.75) is 39.2 Å². The van der Waals surface area contributed by atoms with Crippen molar-refractivity contribution in [2.75, 3.05) is 5.32 Å². The molecule has 2 aliphatic rings. The van der Waals surface area contributed by atoms with Gasteiger partial charge >= 0.3 is 0 Å². The lowest BCUT2D eigenvalue weighted by Gasteiger charge is -2.27. The highest BCUT2D eigenvalue weighted by Crippen LogP contribution is 2.37. The zero-order chi connectivity index (χ0) is 23.0. The van der Waals surface area contributed by atoms with Gasteiger partial charge < -0.3 is 5.32 Å². The first-order valence-corrected chi connectivity index (χ1v) is 11.4. The molecule has 4 rings (SSSR count). The van der Waals surface area contributed by atoms with Gasteiger partial charge in [0.05, 0.1) is 23.1 Å². The average Bonchev–Trinajstić information content (AvgIpc) is 3.29. The summed E-state index contributed by atoms with van der Waals surface area (Å²) in [4.78, 5) is 44.4. The van der Waals surface area contributed by atoms with Crippen molar-refractivity contribution in [3.63, 3.8) is 0 Å². The standard InChI is InChI=1S/C23H23F2N3O3S/c1-12(2)10-18(28-21(30)13-6-3-4-7-14(13)22(28)31)20(29)27-23-26-17(11-32-23)19-15(24)8-5-9-16(19)25/h3-5,8-9,11-14,18H,6-7,10H2,1-2H3,(H,26,27,29). The fourth-order valence-corrected chi connectivity index (χ4v) is 4.99. The van der Waals surface area contributed by atoms with Gasteiger partial charge in [-0.3, -0.25) is 19.3 Å². The van der Waals surface area contributed by atoms with Crippen molar-refractivity contribution in [3.8, 4) is 11.3 Å². The smallest absolute Gasteiger partial charge is 0.249 e. The van der Waals surface area contributed by atoms with Gasteiger partial charge in [-0.25, -0.2) is 13.8 Å². The molecular weight excluding hydrogens is 436 g/mol. The van der Waals surface area contributed by atoms with E-state index in [1.165, 1.54) is 11.4 Å². The monoisotopic (exact) mass is 459 g/mol. The number of imide groups is 1. The van der Waals surface area contributed by atoms with E-state index in [1.807, 2.05) is 26.0 Å². The van der Waals surface area contributed by atoms with Crippen LogP contribution in [0.1, 0.15) is 33.1 Å². The second-order valence-electron chi connectivity index (χ2n) is 8.47. The van der Waals surface area contributed by atoms with E-state index in [0.29, 0.717) is 19.3 Å². The van der Waals surface area contributed by atoms with Gasteiger partial charge in [0.1, 0.15) is 17.7 Å². The second-order valence-corrected chi connectivity index (χ2v) is 9.33. The molecule has 1 aromatic heterocycles. The van der Waals surface area contributed by atoms with Crippen LogP contribution in [-0.2, 0) is 14.4 Å². The van der Waals surface area contributed by atoms with Gasteiger partial charge in [0.15, 0.2) is 5.13 Å². The topological polar surface area (TPSA) is 79.4 Å². The number of rotatable bonds is 6. The minimum atomic E-state index is -0.974. The van der Waals surface area contributed by atoms with Crippen LogP contribution >= 0.6 is 11.3 Å². The molecule has 32 heavy (non-hydrogen) atoms. The molecule has 1 fully saturated rings. The lowest BCUT2D eigenvalue weighted by molar-refractivity contribution is -0.147. The summed E-state index contributed by atoms with van der Waals surface area (Å²) in [7, 11) is 0. The van der Waals surface area contributed by atoms with Crippen molar-refractivity contribution >= 4 is 34.2 Å². The fraction of sp³-hybridized carbons (Fsp3) is 0.391. The van der Waals surface area contributed by atoms with E-state index in [1.54, 1.807) is 0 Å². The lowest BCUT2D eigenvalue weighted by atomic mass is 9.85. The Hall–Kier alpha value is -2.94. The third-order valence-corrected chi connectivity index (χ3v) is 6.56. The van der Waals surface area contributed by atoms with Crippen molar-refractivity contribution in [1.82, 2.24) is 9.88 Å². The molecular formula is C23H23F2N3O3S. The summed E-state index contributed by atoms with van der Waals surface area (Å²) in [6.45, 7) is 3.81. The Bertz CT molecular complexity index is 1050. The van der Waals surface area contributed by atoms with Crippen molar-refractivity contribution in [1.29, 1.82) is 0 Å². The summed E-state index contributed by atoms with van der Waals surface area (Å²) >= 11 is 1.02. The van der Waals surface area contributed by atoms with E-state index in [9.17, 15) is 23.2 Å². The largest absolute Gasteiger partial charge is 0.300 e. The van der Waals surface area contributed by atoms with Gasteiger partial charge in [-0.2, -0.15) is 0 Å². The molecule has 3 atom stereocenters. The van der Waals surface area contributed by atoms with Gasteiger partial charge in [0.25, 0.3) is 0 Å². The van der Waals surface area contributed by atoms with Crippen LogP contribution in [0.4, 0.5) is 13.9 Å². The highest BCUT2D eigenvalue weighted by atomic mass is 32.1. The lowest BCUT2D eigenvalue weighted by Crippen LogP contribution is -2.48. The number of halogens is 2. The molecule has 0 spiro atoms. The van der Waals surface area contributed by atoms with E-state index < -0.39 is 35.4 Å². The van der Waals surface area contributed by atoms with Crippen LogP contribution in [0.15, 0.2) is 35.7 Å². The first-order valence-electron chi connectivity index (χ1n) is 10.5. The number of likely N-dealkylation sites (tertiary alicyclic amines) is 1. The zero-order valence-corrected chi connectivity index (χ0v) is 18.5. The van der Waals surface area contributed by atoms with Crippen LogP contribution in [0.3, 0.4) is 0 Å². The third-order valence-electron chi connectivity index (χ3n) is 5.80. The maximum Gasteiger partial charge on any atom is 0.249 e. The number of nitrogens with zero attached hydrogens (tertiary/aromatic N) is 2. The number of thiazole rings is 1. The molecule has 1 N–H and O–H groups in total. The summed E-state index contributed by atoms with van der Waals surface area (Å²) in [5, 5.41) is 4.22. The third kappa shape index (κ3) is 4.09. The van der Waals surface area contributed by atoms with E-state index in [-0.39, 0.29) is 34.1 Å². The Kier molecular flexibility index (Phi) is 6.19.